The van der Waals surface area contributed by atoms with Crippen molar-refractivity contribution in [1.82, 2.24) is 0 Å². The smallest absolute Gasteiger partial charge is 0.0541 e. The highest BCUT2D eigenvalue weighted by molar-refractivity contribution is 4.59. The normalized spacial score (nSPS) is 17.3. The average Bonchev–Trinajstić information content (AvgIpc) is 1.83. The van der Waals surface area contributed by atoms with Gasteiger partial charge in [0.15, 0.2) is 0 Å². The second-order valence-electron chi connectivity index (χ2n) is 2.74. The zero-order chi connectivity index (χ0) is 7.28. The van der Waals surface area contributed by atoms with E-state index in [0.29, 0.717) is 0 Å². The van der Waals surface area contributed by atoms with Crippen molar-refractivity contribution in [2.45, 2.75) is 39.2 Å². The molecule has 0 saturated carbocycles. The van der Waals surface area contributed by atoms with Crippen molar-refractivity contribution < 1.29 is 5.11 Å². The summed E-state index contributed by atoms with van der Waals surface area (Å²) >= 11 is 0. The van der Waals surface area contributed by atoms with Gasteiger partial charge in [-0.25, -0.2) is 0 Å². The fourth-order valence-corrected chi connectivity index (χ4v) is 0.681. The minimum absolute atomic E-state index is 0.362. The van der Waals surface area contributed by atoms with Gasteiger partial charge in [0, 0.05) is 0 Å². The van der Waals surface area contributed by atoms with Crippen LogP contribution in [0.3, 0.4) is 0 Å². The molecule has 1 heteroatoms. The molecule has 0 aliphatic rings. The van der Waals surface area contributed by atoms with Crippen molar-refractivity contribution in [3.05, 3.63) is 6.92 Å². The fourth-order valence-electron chi connectivity index (χ4n) is 0.681. The molecule has 0 aromatic heterocycles. The molecule has 0 aromatic carbocycles. The van der Waals surface area contributed by atoms with Gasteiger partial charge in [0.05, 0.1) is 6.10 Å². The quantitative estimate of drug-likeness (QED) is 0.615. The Morgan fingerprint density at radius 2 is 2.00 bits per heavy atom. The Labute approximate surface area is 58.1 Å². The van der Waals surface area contributed by atoms with Gasteiger partial charge in [-0.15, -0.1) is 0 Å². The molecule has 0 rings (SSSR count). The summed E-state index contributed by atoms with van der Waals surface area (Å²) in [5, 5.41) is 8.79. The lowest BCUT2D eigenvalue weighted by Gasteiger charge is -2.08. The SMILES string of the molecule is [CH2]C(O)CCC(C)CC. The molecule has 0 fully saturated rings. The highest BCUT2D eigenvalue weighted by Crippen LogP contribution is 2.10. The summed E-state index contributed by atoms with van der Waals surface area (Å²) in [6.45, 7) is 7.86. The third kappa shape index (κ3) is 5.84. The Kier molecular flexibility index (Phi) is 4.78. The standard InChI is InChI=1S/C8H17O/c1-4-7(2)5-6-8(3)9/h7-9H,3-6H2,1-2H3. The highest BCUT2D eigenvalue weighted by Gasteiger charge is 2.00. The maximum atomic E-state index is 8.79. The third-order valence-corrected chi connectivity index (χ3v) is 1.69. The van der Waals surface area contributed by atoms with E-state index in [-0.39, 0.29) is 6.10 Å². The van der Waals surface area contributed by atoms with E-state index in [0.717, 1.165) is 18.8 Å². The van der Waals surface area contributed by atoms with Crippen LogP contribution in [-0.4, -0.2) is 11.2 Å². The van der Waals surface area contributed by atoms with Crippen LogP contribution >= 0.6 is 0 Å². The molecule has 0 spiro atoms. The summed E-state index contributed by atoms with van der Waals surface area (Å²) in [6, 6.07) is 0. The summed E-state index contributed by atoms with van der Waals surface area (Å²) in [5.74, 6) is 0.737. The van der Waals surface area contributed by atoms with Crippen molar-refractivity contribution in [2.75, 3.05) is 0 Å². The zero-order valence-corrected chi connectivity index (χ0v) is 6.43. The molecular formula is C8H17O. The first-order chi connectivity index (χ1) is 4.16. The Balaban J connectivity index is 3.06. The molecule has 2 atom stereocenters. The molecule has 0 saturated heterocycles. The summed E-state index contributed by atoms with van der Waals surface area (Å²) in [7, 11) is 0. The van der Waals surface area contributed by atoms with Crippen molar-refractivity contribution >= 4 is 0 Å². The second-order valence-corrected chi connectivity index (χ2v) is 2.74. The monoisotopic (exact) mass is 129 g/mol. The van der Waals surface area contributed by atoms with E-state index >= 15 is 0 Å². The number of rotatable bonds is 4. The molecule has 0 heterocycles. The predicted octanol–water partition coefficient (Wildman–Crippen LogP) is 2.01. The third-order valence-electron chi connectivity index (χ3n) is 1.69. The molecule has 55 valence electrons. The van der Waals surface area contributed by atoms with Crippen molar-refractivity contribution in [1.29, 1.82) is 0 Å². The molecule has 1 radical (unpaired) electrons. The summed E-state index contributed by atoms with van der Waals surface area (Å²) in [4.78, 5) is 0. The minimum atomic E-state index is -0.362. The van der Waals surface area contributed by atoms with Crippen LogP contribution in [0.15, 0.2) is 0 Å². The van der Waals surface area contributed by atoms with Crippen molar-refractivity contribution in [2.24, 2.45) is 5.92 Å². The molecule has 0 aliphatic carbocycles. The van der Waals surface area contributed by atoms with Crippen LogP contribution in [0.25, 0.3) is 0 Å². The minimum Gasteiger partial charge on any atom is -0.393 e. The fraction of sp³-hybridized carbons (Fsp3) is 0.875. The Morgan fingerprint density at radius 1 is 1.44 bits per heavy atom. The summed E-state index contributed by atoms with van der Waals surface area (Å²) in [5.41, 5.74) is 0. The summed E-state index contributed by atoms with van der Waals surface area (Å²) in [6.07, 6.45) is 2.78. The van der Waals surface area contributed by atoms with Crippen LogP contribution < -0.4 is 0 Å². The predicted molar refractivity (Wildman–Crippen MR) is 40.1 cm³/mol. The Morgan fingerprint density at radius 3 is 2.33 bits per heavy atom. The second kappa shape index (κ2) is 4.80. The number of hydrogen-bond donors (Lipinski definition) is 1. The molecule has 0 aromatic rings. The lowest BCUT2D eigenvalue weighted by molar-refractivity contribution is 0.198. The molecule has 1 nitrogen and oxygen atoms in total. The number of aliphatic hydroxyl groups excluding tert-OH is 1. The Bertz CT molecular complexity index is 59.6. The first-order valence-corrected chi connectivity index (χ1v) is 3.68. The van der Waals surface area contributed by atoms with Crippen LogP contribution in [0.1, 0.15) is 33.1 Å². The number of aliphatic hydroxyl groups is 1. The van der Waals surface area contributed by atoms with E-state index in [1.165, 1.54) is 6.42 Å². The first-order valence-electron chi connectivity index (χ1n) is 3.68. The molecule has 0 aliphatic heterocycles. The first kappa shape index (κ1) is 8.96. The van der Waals surface area contributed by atoms with E-state index in [1.807, 2.05) is 0 Å². The molecule has 0 bridgehead atoms. The van der Waals surface area contributed by atoms with Gasteiger partial charge < -0.3 is 5.11 Å². The topological polar surface area (TPSA) is 20.2 Å². The van der Waals surface area contributed by atoms with Crippen LogP contribution in [0.5, 0.6) is 0 Å². The van der Waals surface area contributed by atoms with Crippen LogP contribution in [0.2, 0.25) is 0 Å². The van der Waals surface area contributed by atoms with Gasteiger partial charge in [0.1, 0.15) is 0 Å². The average molecular weight is 129 g/mol. The molecule has 2 unspecified atom stereocenters. The van der Waals surface area contributed by atoms with Gasteiger partial charge in [0.2, 0.25) is 0 Å². The van der Waals surface area contributed by atoms with Gasteiger partial charge in [-0.1, -0.05) is 20.3 Å². The van der Waals surface area contributed by atoms with Crippen molar-refractivity contribution in [3.8, 4) is 0 Å². The molecule has 0 amide bonds. The van der Waals surface area contributed by atoms with E-state index < -0.39 is 0 Å². The van der Waals surface area contributed by atoms with Gasteiger partial charge in [-0.3, -0.25) is 0 Å². The van der Waals surface area contributed by atoms with Gasteiger partial charge in [-0.2, -0.15) is 0 Å². The van der Waals surface area contributed by atoms with E-state index in [4.69, 9.17) is 5.11 Å². The largest absolute Gasteiger partial charge is 0.393 e. The van der Waals surface area contributed by atoms with E-state index in [9.17, 15) is 0 Å². The lowest BCUT2D eigenvalue weighted by atomic mass is 10.0. The van der Waals surface area contributed by atoms with Gasteiger partial charge in [-0.05, 0) is 25.7 Å². The van der Waals surface area contributed by atoms with E-state index in [1.54, 1.807) is 0 Å². The highest BCUT2D eigenvalue weighted by atomic mass is 16.3. The van der Waals surface area contributed by atoms with E-state index in [2.05, 4.69) is 20.8 Å². The Hall–Kier alpha value is -0.0400. The maximum Gasteiger partial charge on any atom is 0.0541 e. The lowest BCUT2D eigenvalue weighted by Crippen LogP contribution is -2.02. The van der Waals surface area contributed by atoms with Crippen molar-refractivity contribution in [3.63, 3.8) is 0 Å². The van der Waals surface area contributed by atoms with Crippen LogP contribution in [0.4, 0.5) is 0 Å². The molecule has 1 N–H and O–H groups in total. The van der Waals surface area contributed by atoms with Gasteiger partial charge in [0.25, 0.3) is 0 Å². The molecular weight excluding hydrogens is 112 g/mol. The van der Waals surface area contributed by atoms with Crippen LogP contribution in [0, 0.1) is 12.8 Å². The van der Waals surface area contributed by atoms with Gasteiger partial charge >= 0.3 is 0 Å². The molecule has 9 heavy (non-hydrogen) atoms. The summed E-state index contributed by atoms with van der Waals surface area (Å²) < 4.78 is 0. The zero-order valence-electron chi connectivity index (χ0n) is 6.43. The number of hydrogen-bond acceptors (Lipinski definition) is 1. The maximum absolute atomic E-state index is 8.79. The van der Waals surface area contributed by atoms with Crippen LogP contribution in [-0.2, 0) is 0 Å².